The number of hydrogen-bond donors (Lipinski definition) is 12. The molecule has 0 spiro atoms. The van der Waals surface area contributed by atoms with Crippen LogP contribution in [-0.2, 0) is 57.0 Å². The first kappa shape index (κ1) is 49.6. The highest BCUT2D eigenvalue weighted by atomic mass is 16.7. The first-order valence-corrected chi connectivity index (χ1v) is 20.8. The van der Waals surface area contributed by atoms with Crippen LogP contribution in [0.3, 0.4) is 0 Å². The highest BCUT2D eigenvalue weighted by Crippen LogP contribution is 2.45. The van der Waals surface area contributed by atoms with Gasteiger partial charge in [-0.15, -0.1) is 0 Å². The van der Waals surface area contributed by atoms with Crippen molar-refractivity contribution in [1.82, 2.24) is 0 Å². The zero-order valence-corrected chi connectivity index (χ0v) is 34.4. The highest BCUT2D eigenvalue weighted by molar-refractivity contribution is 5.90. The second-order valence-corrected chi connectivity index (χ2v) is 17.0. The molecule has 0 aromatic carbocycles. The van der Waals surface area contributed by atoms with Crippen LogP contribution in [0.4, 0.5) is 0 Å². The Hall–Kier alpha value is -1.86. The van der Waals surface area contributed by atoms with E-state index in [9.17, 15) is 65.8 Å². The van der Waals surface area contributed by atoms with Gasteiger partial charge in [-0.05, 0) is 38.5 Å². The number of carbonyl (C=O) groups excluding carboxylic acids is 1. The number of carboxylic acids is 1. The lowest BCUT2D eigenvalue weighted by molar-refractivity contribution is -0.352. The Morgan fingerprint density at radius 1 is 0.597 bits per heavy atom. The first-order valence-electron chi connectivity index (χ1n) is 20.8. The van der Waals surface area contributed by atoms with Gasteiger partial charge in [-0.25, -0.2) is 0 Å². The molecule has 358 valence electrons. The molecule has 8 unspecified atom stereocenters. The quantitative estimate of drug-likeness (QED) is 0.0570. The molecule has 0 aromatic rings. The number of aliphatic carboxylic acids is 1. The van der Waals surface area contributed by atoms with Crippen molar-refractivity contribution in [3.63, 3.8) is 0 Å². The molecule has 4 heterocycles. The van der Waals surface area contributed by atoms with Crippen LogP contribution < -0.4 is 0 Å². The molecule has 6 fully saturated rings. The van der Waals surface area contributed by atoms with Crippen LogP contribution in [0.15, 0.2) is 0 Å². The van der Waals surface area contributed by atoms with Crippen molar-refractivity contribution < 1.29 is 118 Å². The highest BCUT2D eigenvalue weighted by Gasteiger charge is 2.55. The molecule has 0 radical (unpaired) electrons. The van der Waals surface area contributed by atoms with Gasteiger partial charge in [-0.2, -0.15) is 0 Å². The van der Waals surface area contributed by atoms with Crippen LogP contribution in [0, 0.1) is 11.8 Å². The molecule has 6 aliphatic rings. The van der Waals surface area contributed by atoms with Gasteiger partial charge in [0.05, 0.1) is 62.0 Å². The largest absolute Gasteiger partial charge is 0.481 e. The summed E-state index contributed by atoms with van der Waals surface area (Å²) in [6.07, 6.45) is -31.6. The Kier molecular flexibility index (Phi) is 16.9. The van der Waals surface area contributed by atoms with Gasteiger partial charge in [-0.1, -0.05) is 0 Å². The maximum atomic E-state index is 11.9. The Labute approximate surface area is 355 Å². The van der Waals surface area contributed by atoms with Crippen LogP contribution >= 0.6 is 0 Å². The van der Waals surface area contributed by atoms with E-state index < -0.39 is 184 Å². The fourth-order valence-electron chi connectivity index (χ4n) is 9.53. The van der Waals surface area contributed by atoms with E-state index in [0.717, 1.165) is 0 Å². The molecule has 4 aliphatic heterocycles. The average molecular weight is 903 g/mol. The van der Waals surface area contributed by atoms with E-state index >= 15 is 0 Å². The molecule has 2 saturated carbocycles. The number of carboxylic acid groups (broad SMARTS) is 1. The van der Waals surface area contributed by atoms with Crippen LogP contribution in [-0.4, -0.2) is 242 Å². The second-order valence-electron chi connectivity index (χ2n) is 17.0. The van der Waals surface area contributed by atoms with Crippen molar-refractivity contribution in [3.05, 3.63) is 0 Å². The Balaban J connectivity index is 1.20. The molecule has 0 aromatic heterocycles. The molecule has 12 N–H and O–H groups in total. The molecule has 23 atom stereocenters. The fraction of sp³-hybridized carbons (Fsp3) is 0.947. The molecule has 62 heavy (non-hydrogen) atoms. The number of carbonyl (C=O) groups is 2. The molecule has 6 rings (SSSR count). The number of aliphatic hydroxyl groups is 11. The number of fused-ring (bicyclic) bond motifs is 1. The van der Waals surface area contributed by atoms with E-state index in [1.165, 1.54) is 21.1 Å². The van der Waals surface area contributed by atoms with Gasteiger partial charge in [-0.3, -0.25) is 9.59 Å². The summed E-state index contributed by atoms with van der Waals surface area (Å²) >= 11 is 0. The summed E-state index contributed by atoms with van der Waals surface area (Å²) in [5.74, 6) is -3.72. The third-order valence-corrected chi connectivity index (χ3v) is 13.0. The van der Waals surface area contributed by atoms with Gasteiger partial charge in [0.1, 0.15) is 73.6 Å². The lowest BCUT2D eigenvalue weighted by atomic mass is 9.72. The minimum Gasteiger partial charge on any atom is -0.481 e. The summed E-state index contributed by atoms with van der Waals surface area (Å²) in [4.78, 5) is 22.8. The number of aliphatic hydroxyl groups excluding tert-OH is 11. The summed E-state index contributed by atoms with van der Waals surface area (Å²) < 4.78 is 58.4. The Morgan fingerprint density at radius 3 is 1.74 bits per heavy atom. The molecule has 24 nitrogen and oxygen atoms in total. The van der Waals surface area contributed by atoms with Crippen LogP contribution in [0.1, 0.15) is 45.4 Å². The molecule has 4 saturated heterocycles. The molecule has 0 amide bonds. The topological polar surface area (TPSA) is 369 Å². The van der Waals surface area contributed by atoms with Crippen LogP contribution in [0.25, 0.3) is 0 Å². The lowest BCUT2D eigenvalue weighted by Crippen LogP contribution is -2.64. The monoisotopic (exact) mass is 902 g/mol. The normalized spacial score (nSPS) is 50.1. The smallest absolute Gasteiger partial charge is 0.317 e. The van der Waals surface area contributed by atoms with E-state index in [2.05, 4.69) is 0 Å². The van der Waals surface area contributed by atoms with E-state index in [0.29, 0.717) is 0 Å². The average Bonchev–Trinajstić information content (AvgIpc) is 3.23. The van der Waals surface area contributed by atoms with E-state index in [-0.39, 0.29) is 32.1 Å². The summed E-state index contributed by atoms with van der Waals surface area (Å²) in [5.41, 5.74) is 0. The zero-order chi connectivity index (χ0) is 45.3. The van der Waals surface area contributed by atoms with Gasteiger partial charge >= 0.3 is 11.9 Å². The third kappa shape index (κ3) is 10.7. The number of ether oxygens (including phenoxy) is 10. The molecule has 2 aliphatic carbocycles. The van der Waals surface area contributed by atoms with Crippen molar-refractivity contribution >= 4 is 11.9 Å². The minimum absolute atomic E-state index is 0.00480. The van der Waals surface area contributed by atoms with Gasteiger partial charge in [0.2, 0.25) is 0 Å². The predicted octanol–water partition coefficient (Wildman–Crippen LogP) is -6.04. The maximum Gasteiger partial charge on any atom is 0.317 e. The number of rotatable bonds is 14. The predicted molar refractivity (Wildman–Crippen MR) is 197 cm³/mol. The SMILES string of the molecule is COC1CC(C2OC3CC(O)CC(O[C@@H]4O[C@H](CO)[C@@H](O)[C@H](O)[C@H]4O)C3CC2O[C@@H]2O[C@H](CO[C@@H]3O[C@@H](C)[C@H](OC(=O)CC(=O)O)[C@@H](O)[C@H]3O)[C@@H](O)[C@H](O)[C@H]2O)CC(OC)C1O. The van der Waals surface area contributed by atoms with Gasteiger partial charge in [0.15, 0.2) is 25.0 Å². The first-order chi connectivity index (χ1) is 29.4. The molecular weight excluding hydrogens is 840 g/mol. The lowest BCUT2D eigenvalue weighted by Gasteiger charge is -2.53. The van der Waals surface area contributed by atoms with Crippen LogP contribution in [0.2, 0.25) is 0 Å². The minimum atomic E-state index is -1.88. The number of hydrogen-bond acceptors (Lipinski definition) is 23. The standard InChI is InChI=1S/C38H62O24/c1-12-34(62-24(43)9-23(41)42)30(49)33(52)36(56-12)55-11-22-27(46)29(48)32(51)38(61-22)59-20-8-15-16(57-35(20)13-4-18(53-2)25(44)19(5-13)54-3)6-14(40)7-17(15)58-37-31(50)28(47)26(45)21(10-39)60-37/h12-22,25-40,44-52H,4-11H2,1-3H3,(H,41,42)/t12-,13?,14?,15?,16?,17?,18?,19?,20?,21+,22+,25?,26+,27+,28-,29-,30-,31+,32+,33+,34-,35?,36+,37+,38+/m0/s1. The van der Waals surface area contributed by atoms with Crippen LogP contribution in [0.5, 0.6) is 0 Å². The van der Waals surface area contributed by atoms with E-state index in [1.807, 2.05) is 0 Å². The Bertz CT molecular complexity index is 1450. The summed E-state index contributed by atoms with van der Waals surface area (Å²) in [6, 6.07) is 0. The maximum absolute atomic E-state index is 11.9. The van der Waals surface area contributed by atoms with E-state index in [4.69, 9.17) is 52.5 Å². The molecule has 0 bridgehead atoms. The summed E-state index contributed by atoms with van der Waals surface area (Å²) in [6.45, 7) is 0.0466. The van der Waals surface area contributed by atoms with Gasteiger partial charge in [0.25, 0.3) is 0 Å². The number of esters is 1. The van der Waals surface area contributed by atoms with Crippen molar-refractivity contribution in [1.29, 1.82) is 0 Å². The van der Waals surface area contributed by atoms with Gasteiger partial charge in [0, 0.05) is 26.6 Å². The van der Waals surface area contributed by atoms with Crippen molar-refractivity contribution in [3.8, 4) is 0 Å². The molecular formula is C38H62O24. The van der Waals surface area contributed by atoms with Crippen molar-refractivity contribution in [2.45, 2.75) is 186 Å². The van der Waals surface area contributed by atoms with Crippen molar-refractivity contribution in [2.24, 2.45) is 11.8 Å². The fourth-order valence-corrected chi connectivity index (χ4v) is 9.53. The van der Waals surface area contributed by atoms with Gasteiger partial charge < -0.3 is 109 Å². The number of methoxy groups -OCH3 is 2. The second kappa shape index (κ2) is 21.2. The summed E-state index contributed by atoms with van der Waals surface area (Å²) in [5, 5.41) is 127. The van der Waals surface area contributed by atoms with E-state index in [1.54, 1.807) is 0 Å². The van der Waals surface area contributed by atoms with Crippen molar-refractivity contribution in [2.75, 3.05) is 27.4 Å². The zero-order valence-electron chi connectivity index (χ0n) is 34.4. The third-order valence-electron chi connectivity index (χ3n) is 13.0. The Morgan fingerprint density at radius 2 is 1.16 bits per heavy atom. The summed E-state index contributed by atoms with van der Waals surface area (Å²) in [7, 11) is 2.87. The molecule has 24 heteroatoms.